The second kappa shape index (κ2) is 4.42. The van der Waals surface area contributed by atoms with Gasteiger partial charge >= 0.3 is 5.97 Å². The van der Waals surface area contributed by atoms with Crippen LogP contribution < -0.4 is 0 Å². The molecule has 1 unspecified atom stereocenters. The average molecular weight is 196 g/mol. The molecular weight excluding hydrogens is 184 g/mol. The topological polar surface area (TPSA) is 80.7 Å². The van der Waals surface area contributed by atoms with Gasteiger partial charge in [0.1, 0.15) is 6.10 Å². The highest BCUT2D eigenvalue weighted by Crippen LogP contribution is 1.99. The van der Waals surface area contributed by atoms with Gasteiger partial charge in [-0.1, -0.05) is 0 Å². The zero-order valence-electron chi connectivity index (χ0n) is 6.98. The van der Waals surface area contributed by atoms with E-state index in [9.17, 15) is 13.2 Å². The van der Waals surface area contributed by atoms with E-state index in [1.807, 2.05) is 0 Å². The molecule has 0 aliphatic rings. The molecule has 0 saturated carbocycles. The number of esters is 1. The van der Waals surface area contributed by atoms with Gasteiger partial charge in [0, 0.05) is 13.3 Å². The Morgan fingerprint density at radius 3 is 2.42 bits per heavy atom. The van der Waals surface area contributed by atoms with Crippen LogP contribution in [0.2, 0.25) is 0 Å². The van der Waals surface area contributed by atoms with E-state index >= 15 is 0 Å². The first-order chi connectivity index (χ1) is 5.31. The Morgan fingerprint density at radius 1 is 1.58 bits per heavy atom. The standard InChI is InChI=1S/C6H12O5S/c1-5(11-6(2)7)3-4-12(8,9)10/h5H,3-4H2,1-2H3,(H,8,9,10). The van der Waals surface area contributed by atoms with Gasteiger partial charge in [0.2, 0.25) is 0 Å². The van der Waals surface area contributed by atoms with Crippen molar-refractivity contribution in [1.29, 1.82) is 0 Å². The van der Waals surface area contributed by atoms with E-state index in [1.165, 1.54) is 6.92 Å². The molecule has 12 heavy (non-hydrogen) atoms. The van der Waals surface area contributed by atoms with E-state index in [2.05, 4.69) is 4.74 Å². The second-order valence-electron chi connectivity index (χ2n) is 2.49. The van der Waals surface area contributed by atoms with Crippen LogP contribution in [0.4, 0.5) is 0 Å². The highest BCUT2D eigenvalue weighted by molar-refractivity contribution is 7.85. The fourth-order valence-corrected chi connectivity index (χ4v) is 1.29. The Balaban J connectivity index is 3.72. The van der Waals surface area contributed by atoms with Crippen LogP contribution in [0.3, 0.4) is 0 Å². The van der Waals surface area contributed by atoms with Crippen molar-refractivity contribution in [1.82, 2.24) is 0 Å². The Labute approximate surface area is 71.5 Å². The molecule has 1 N–H and O–H groups in total. The van der Waals surface area contributed by atoms with E-state index in [0.717, 1.165) is 0 Å². The van der Waals surface area contributed by atoms with Crippen LogP contribution in [-0.4, -0.2) is 30.8 Å². The Bertz CT molecular complexity index is 243. The monoisotopic (exact) mass is 196 g/mol. The predicted octanol–water partition coefficient (Wildman–Crippen LogP) is 0.216. The summed E-state index contributed by atoms with van der Waals surface area (Å²) in [6, 6.07) is 0. The number of hydrogen-bond acceptors (Lipinski definition) is 4. The van der Waals surface area contributed by atoms with Gasteiger partial charge in [0.25, 0.3) is 10.1 Å². The third-order valence-corrected chi connectivity index (χ3v) is 1.90. The summed E-state index contributed by atoms with van der Waals surface area (Å²) in [5, 5.41) is 0. The highest BCUT2D eigenvalue weighted by Gasteiger charge is 2.10. The summed E-state index contributed by atoms with van der Waals surface area (Å²) in [4.78, 5) is 10.3. The smallest absolute Gasteiger partial charge is 0.302 e. The van der Waals surface area contributed by atoms with E-state index in [0.29, 0.717) is 0 Å². The lowest BCUT2D eigenvalue weighted by molar-refractivity contribution is -0.145. The number of carbonyl (C=O) groups excluding carboxylic acids is 1. The molecule has 72 valence electrons. The van der Waals surface area contributed by atoms with Gasteiger partial charge in [-0.2, -0.15) is 8.42 Å². The summed E-state index contributed by atoms with van der Waals surface area (Å²) in [5.74, 6) is -0.848. The van der Waals surface area contributed by atoms with Crippen LogP contribution in [0.5, 0.6) is 0 Å². The van der Waals surface area contributed by atoms with Gasteiger partial charge in [-0.25, -0.2) is 0 Å². The number of carbonyl (C=O) groups is 1. The fourth-order valence-electron chi connectivity index (χ4n) is 0.657. The first kappa shape index (κ1) is 11.4. The molecule has 0 aliphatic heterocycles. The van der Waals surface area contributed by atoms with Crippen molar-refractivity contribution < 1.29 is 22.5 Å². The van der Waals surface area contributed by atoms with Gasteiger partial charge in [-0.15, -0.1) is 0 Å². The Hall–Kier alpha value is -0.620. The number of hydrogen-bond donors (Lipinski definition) is 1. The summed E-state index contributed by atoms with van der Waals surface area (Å²) >= 11 is 0. The average Bonchev–Trinajstić information content (AvgIpc) is 1.80. The van der Waals surface area contributed by atoms with Crippen LogP contribution in [-0.2, 0) is 19.6 Å². The molecule has 0 aliphatic carbocycles. The van der Waals surface area contributed by atoms with Gasteiger partial charge in [0.05, 0.1) is 5.75 Å². The van der Waals surface area contributed by atoms with Gasteiger partial charge < -0.3 is 4.74 Å². The van der Waals surface area contributed by atoms with Crippen LogP contribution >= 0.6 is 0 Å². The van der Waals surface area contributed by atoms with Crippen molar-refractivity contribution in [3.05, 3.63) is 0 Å². The maximum atomic E-state index is 10.3. The molecule has 0 aromatic rings. The van der Waals surface area contributed by atoms with Crippen LogP contribution in [0.25, 0.3) is 0 Å². The largest absolute Gasteiger partial charge is 0.463 e. The molecule has 0 aromatic carbocycles. The van der Waals surface area contributed by atoms with Crippen molar-refractivity contribution in [3.8, 4) is 0 Å². The minimum Gasteiger partial charge on any atom is -0.463 e. The molecule has 0 spiro atoms. The minimum atomic E-state index is -3.95. The Morgan fingerprint density at radius 2 is 2.08 bits per heavy atom. The third kappa shape index (κ3) is 7.49. The Kier molecular flexibility index (Phi) is 4.19. The molecule has 5 nitrogen and oxygen atoms in total. The highest BCUT2D eigenvalue weighted by atomic mass is 32.2. The lowest BCUT2D eigenvalue weighted by atomic mass is 10.3. The SMILES string of the molecule is CC(=O)OC(C)CCS(=O)(=O)O. The first-order valence-corrected chi connectivity index (χ1v) is 5.04. The molecular formula is C6H12O5S. The molecule has 1 atom stereocenters. The molecule has 6 heteroatoms. The molecule has 0 amide bonds. The molecule has 0 bridgehead atoms. The van der Waals surface area contributed by atoms with Gasteiger partial charge in [0.15, 0.2) is 0 Å². The van der Waals surface area contributed by atoms with Crippen molar-refractivity contribution in [2.24, 2.45) is 0 Å². The summed E-state index contributed by atoms with van der Waals surface area (Å²) in [6.07, 6.45) is -0.372. The normalized spacial score (nSPS) is 13.9. The molecule has 0 rings (SSSR count). The maximum absolute atomic E-state index is 10.3. The van der Waals surface area contributed by atoms with Crippen molar-refractivity contribution in [2.75, 3.05) is 5.75 Å². The lowest BCUT2D eigenvalue weighted by Gasteiger charge is -2.09. The molecule has 0 fully saturated rings. The zero-order valence-corrected chi connectivity index (χ0v) is 7.80. The predicted molar refractivity (Wildman–Crippen MR) is 42.3 cm³/mol. The van der Waals surface area contributed by atoms with Crippen LogP contribution in [0.15, 0.2) is 0 Å². The fraction of sp³-hybridized carbons (Fsp3) is 0.833. The number of rotatable bonds is 4. The molecule has 0 heterocycles. The van der Waals surface area contributed by atoms with E-state index in [1.54, 1.807) is 6.92 Å². The van der Waals surface area contributed by atoms with Crippen molar-refractivity contribution in [3.63, 3.8) is 0 Å². The summed E-state index contributed by atoms with van der Waals surface area (Å²) in [6.45, 7) is 2.80. The molecule has 0 saturated heterocycles. The van der Waals surface area contributed by atoms with Crippen molar-refractivity contribution >= 4 is 16.1 Å². The zero-order chi connectivity index (χ0) is 9.78. The van der Waals surface area contributed by atoms with Crippen LogP contribution in [0, 0.1) is 0 Å². The second-order valence-corrected chi connectivity index (χ2v) is 4.07. The number of ether oxygens (including phenoxy) is 1. The third-order valence-electron chi connectivity index (χ3n) is 1.15. The summed E-state index contributed by atoms with van der Waals surface area (Å²) in [7, 11) is -3.95. The van der Waals surface area contributed by atoms with Gasteiger partial charge in [-0.05, 0) is 6.92 Å². The minimum absolute atomic E-state index is 0.110. The van der Waals surface area contributed by atoms with E-state index in [4.69, 9.17) is 4.55 Å². The van der Waals surface area contributed by atoms with Crippen molar-refractivity contribution in [2.45, 2.75) is 26.4 Å². The summed E-state index contributed by atoms with van der Waals surface area (Å²) in [5.41, 5.74) is 0. The lowest BCUT2D eigenvalue weighted by Crippen LogP contribution is -2.17. The van der Waals surface area contributed by atoms with Crippen LogP contribution in [0.1, 0.15) is 20.3 Å². The van der Waals surface area contributed by atoms with Gasteiger partial charge in [-0.3, -0.25) is 9.35 Å². The summed E-state index contributed by atoms with van der Waals surface area (Å²) < 4.78 is 33.4. The maximum Gasteiger partial charge on any atom is 0.302 e. The molecule has 0 aromatic heterocycles. The van der Waals surface area contributed by atoms with E-state index in [-0.39, 0.29) is 12.2 Å². The quantitative estimate of drug-likeness (QED) is 0.513. The van der Waals surface area contributed by atoms with E-state index < -0.39 is 22.2 Å². The first-order valence-electron chi connectivity index (χ1n) is 3.43. The molecule has 0 radical (unpaired) electrons.